The van der Waals surface area contributed by atoms with Crippen molar-refractivity contribution in [2.24, 2.45) is 4.99 Å². The molecule has 0 amide bonds. The molecule has 0 fully saturated rings. The number of imidazole rings is 1. The molecule has 1 rings (SSSR count). The first kappa shape index (κ1) is 8.68. The fourth-order valence-electron chi connectivity index (χ4n) is 1.06. The van der Waals surface area contributed by atoms with Crippen LogP contribution >= 0.6 is 0 Å². The monoisotopic (exact) mass is 165 g/mol. The quantitative estimate of drug-likeness (QED) is 0.489. The molecule has 0 radical (unpaired) electrons. The van der Waals surface area contributed by atoms with Crippen LogP contribution in [0.15, 0.2) is 17.4 Å². The molecule has 4 heteroatoms. The Morgan fingerprint density at radius 2 is 2.58 bits per heavy atom. The van der Waals surface area contributed by atoms with E-state index in [-0.39, 0.29) is 0 Å². The van der Waals surface area contributed by atoms with Gasteiger partial charge in [0.2, 0.25) is 6.08 Å². The summed E-state index contributed by atoms with van der Waals surface area (Å²) >= 11 is 0. The van der Waals surface area contributed by atoms with E-state index in [4.69, 9.17) is 0 Å². The van der Waals surface area contributed by atoms with Gasteiger partial charge in [0.05, 0.1) is 6.54 Å². The van der Waals surface area contributed by atoms with Gasteiger partial charge in [-0.1, -0.05) is 6.92 Å². The highest BCUT2D eigenvalue weighted by Gasteiger charge is 1.97. The third-order valence-corrected chi connectivity index (χ3v) is 1.64. The zero-order chi connectivity index (χ0) is 8.81. The Balaban J connectivity index is 2.55. The summed E-state index contributed by atoms with van der Waals surface area (Å²) in [6, 6.07) is 0. The molecule has 0 aromatic carbocycles. The van der Waals surface area contributed by atoms with Crippen LogP contribution in [0, 0.1) is 0 Å². The maximum absolute atomic E-state index is 9.77. The molecule has 12 heavy (non-hydrogen) atoms. The molecule has 1 aromatic rings. The first-order valence-corrected chi connectivity index (χ1v) is 3.92. The van der Waals surface area contributed by atoms with Gasteiger partial charge < -0.3 is 4.57 Å². The van der Waals surface area contributed by atoms with Crippen LogP contribution in [0.25, 0.3) is 0 Å². The fraction of sp³-hybridized carbons (Fsp3) is 0.500. The Bertz CT molecular complexity index is 286. The van der Waals surface area contributed by atoms with Crippen molar-refractivity contribution in [3.8, 4) is 0 Å². The second-order valence-electron chi connectivity index (χ2n) is 2.36. The second kappa shape index (κ2) is 4.46. The molecular weight excluding hydrogens is 154 g/mol. The number of aliphatic imine (C=N–C) groups is 1. The van der Waals surface area contributed by atoms with E-state index >= 15 is 0 Å². The van der Waals surface area contributed by atoms with E-state index in [1.54, 1.807) is 6.20 Å². The van der Waals surface area contributed by atoms with E-state index in [2.05, 4.69) is 9.98 Å². The molecule has 0 aliphatic carbocycles. The highest BCUT2D eigenvalue weighted by Crippen LogP contribution is 1.97. The lowest BCUT2D eigenvalue weighted by molar-refractivity contribution is 0.560. The maximum atomic E-state index is 9.77. The molecule has 0 unspecified atom stereocenters. The highest BCUT2D eigenvalue weighted by molar-refractivity contribution is 5.32. The summed E-state index contributed by atoms with van der Waals surface area (Å²) in [6.45, 7) is 3.23. The van der Waals surface area contributed by atoms with Gasteiger partial charge in [-0.3, -0.25) is 0 Å². The molecule has 0 aliphatic rings. The molecule has 0 bridgehead atoms. The minimum atomic E-state index is 0.479. The Kier molecular flexibility index (Phi) is 3.23. The van der Waals surface area contributed by atoms with Crippen LogP contribution in [0.3, 0.4) is 0 Å². The van der Waals surface area contributed by atoms with Gasteiger partial charge in [0.25, 0.3) is 0 Å². The van der Waals surface area contributed by atoms with Crippen molar-refractivity contribution in [2.75, 3.05) is 6.54 Å². The fourth-order valence-corrected chi connectivity index (χ4v) is 1.06. The van der Waals surface area contributed by atoms with Gasteiger partial charge in [-0.05, 0) is 0 Å². The average molecular weight is 165 g/mol. The Morgan fingerprint density at radius 1 is 1.75 bits per heavy atom. The van der Waals surface area contributed by atoms with Gasteiger partial charge in [0.15, 0.2) is 0 Å². The summed E-state index contributed by atoms with van der Waals surface area (Å²) in [5.74, 6) is 1.02. The highest BCUT2D eigenvalue weighted by atomic mass is 16.1. The lowest BCUT2D eigenvalue weighted by Crippen LogP contribution is -2.04. The predicted molar refractivity (Wildman–Crippen MR) is 44.6 cm³/mol. The zero-order valence-electron chi connectivity index (χ0n) is 7.03. The van der Waals surface area contributed by atoms with E-state index in [0.29, 0.717) is 13.1 Å². The number of carbonyl (C=O) groups excluding carboxylic acids is 1. The predicted octanol–water partition coefficient (Wildman–Crippen LogP) is 0.781. The summed E-state index contributed by atoms with van der Waals surface area (Å²) in [5, 5.41) is 0. The Hall–Kier alpha value is -1.41. The van der Waals surface area contributed by atoms with Gasteiger partial charge in [0.1, 0.15) is 5.82 Å². The van der Waals surface area contributed by atoms with E-state index < -0.39 is 0 Å². The van der Waals surface area contributed by atoms with Gasteiger partial charge in [-0.25, -0.2) is 14.8 Å². The molecule has 4 nitrogen and oxygen atoms in total. The third-order valence-electron chi connectivity index (χ3n) is 1.64. The van der Waals surface area contributed by atoms with Gasteiger partial charge in [-0.15, -0.1) is 0 Å². The third kappa shape index (κ3) is 2.04. The van der Waals surface area contributed by atoms with E-state index in [0.717, 1.165) is 12.2 Å². The normalized spacial score (nSPS) is 9.42. The summed E-state index contributed by atoms with van der Waals surface area (Å²) < 4.78 is 1.99. The van der Waals surface area contributed by atoms with Crippen molar-refractivity contribution in [1.82, 2.24) is 9.55 Å². The molecule has 64 valence electrons. The van der Waals surface area contributed by atoms with E-state index in [1.165, 1.54) is 6.08 Å². The SMILES string of the molecule is CCc1nccn1CCN=C=O. The number of hydrogen-bond donors (Lipinski definition) is 0. The number of hydrogen-bond acceptors (Lipinski definition) is 3. The molecular formula is C8H11N3O. The molecule has 0 spiro atoms. The Morgan fingerprint density at radius 3 is 3.25 bits per heavy atom. The number of isocyanates is 1. The number of rotatable bonds is 4. The number of aryl methyl sites for hydroxylation is 1. The lowest BCUT2D eigenvalue weighted by atomic mass is 10.4. The van der Waals surface area contributed by atoms with Crippen LogP contribution in [0.5, 0.6) is 0 Å². The Labute approximate surface area is 71.0 Å². The van der Waals surface area contributed by atoms with Crippen molar-refractivity contribution in [3.63, 3.8) is 0 Å². The largest absolute Gasteiger partial charge is 0.333 e. The number of aromatic nitrogens is 2. The molecule has 0 saturated heterocycles. The van der Waals surface area contributed by atoms with Gasteiger partial charge in [0, 0.05) is 25.4 Å². The summed E-state index contributed by atoms with van der Waals surface area (Å²) in [6.07, 6.45) is 6.05. The second-order valence-corrected chi connectivity index (χ2v) is 2.36. The zero-order valence-corrected chi connectivity index (χ0v) is 7.03. The smallest absolute Gasteiger partial charge is 0.235 e. The van der Waals surface area contributed by atoms with Crippen LogP contribution in [0.1, 0.15) is 12.7 Å². The molecule has 1 heterocycles. The van der Waals surface area contributed by atoms with Crippen LogP contribution in [-0.2, 0) is 17.8 Å². The van der Waals surface area contributed by atoms with Crippen molar-refractivity contribution in [3.05, 3.63) is 18.2 Å². The first-order chi connectivity index (χ1) is 5.88. The minimum absolute atomic E-state index is 0.479. The van der Waals surface area contributed by atoms with Crippen LogP contribution in [0.4, 0.5) is 0 Å². The van der Waals surface area contributed by atoms with Crippen molar-refractivity contribution < 1.29 is 4.79 Å². The topological polar surface area (TPSA) is 47.2 Å². The maximum Gasteiger partial charge on any atom is 0.235 e. The van der Waals surface area contributed by atoms with Crippen molar-refractivity contribution in [2.45, 2.75) is 19.9 Å². The van der Waals surface area contributed by atoms with Gasteiger partial charge in [-0.2, -0.15) is 0 Å². The summed E-state index contributed by atoms with van der Waals surface area (Å²) in [7, 11) is 0. The molecule has 0 aliphatic heterocycles. The van der Waals surface area contributed by atoms with Gasteiger partial charge >= 0.3 is 0 Å². The molecule has 1 aromatic heterocycles. The summed E-state index contributed by atoms with van der Waals surface area (Å²) in [4.78, 5) is 17.4. The van der Waals surface area contributed by atoms with Crippen LogP contribution in [0.2, 0.25) is 0 Å². The van der Waals surface area contributed by atoms with Crippen LogP contribution in [-0.4, -0.2) is 22.2 Å². The minimum Gasteiger partial charge on any atom is -0.333 e. The lowest BCUT2D eigenvalue weighted by Gasteiger charge is -2.01. The van der Waals surface area contributed by atoms with Crippen LogP contribution < -0.4 is 0 Å². The van der Waals surface area contributed by atoms with E-state index in [1.807, 2.05) is 17.7 Å². The summed E-state index contributed by atoms with van der Waals surface area (Å²) in [5.41, 5.74) is 0. The van der Waals surface area contributed by atoms with Crippen molar-refractivity contribution in [1.29, 1.82) is 0 Å². The molecule has 0 N–H and O–H groups in total. The molecule has 0 atom stereocenters. The first-order valence-electron chi connectivity index (χ1n) is 3.92. The standard InChI is InChI=1S/C8H11N3O/c1-2-8-10-4-6-11(8)5-3-9-7-12/h4,6H,2-3,5H2,1H3. The van der Waals surface area contributed by atoms with Crippen molar-refractivity contribution >= 4 is 6.08 Å². The molecule has 0 saturated carbocycles. The average Bonchev–Trinajstić information content (AvgIpc) is 2.52. The van der Waals surface area contributed by atoms with E-state index in [9.17, 15) is 4.79 Å². The number of nitrogens with zero attached hydrogens (tertiary/aromatic N) is 3.